The predicted octanol–water partition coefficient (Wildman–Crippen LogP) is 4.18. The fourth-order valence-electron chi connectivity index (χ4n) is 4.42. The van der Waals surface area contributed by atoms with Crippen molar-refractivity contribution in [2.24, 2.45) is 0 Å². The van der Waals surface area contributed by atoms with Crippen LogP contribution < -0.4 is 20.1 Å². The van der Waals surface area contributed by atoms with Gasteiger partial charge in [0.1, 0.15) is 12.2 Å². The van der Waals surface area contributed by atoms with Crippen LogP contribution in [0.25, 0.3) is 11.0 Å². The number of nitrogens with one attached hydrogen (secondary N) is 2. The van der Waals surface area contributed by atoms with Gasteiger partial charge in [0.15, 0.2) is 11.5 Å². The van der Waals surface area contributed by atoms with Gasteiger partial charge in [-0.25, -0.2) is 9.78 Å². The molecule has 0 bridgehead atoms. The van der Waals surface area contributed by atoms with Gasteiger partial charge >= 0.3 is 6.03 Å². The molecule has 3 aromatic rings. The Bertz CT molecular complexity index is 1220. The molecule has 0 unspecified atom stereocenters. The van der Waals surface area contributed by atoms with Crippen LogP contribution in [-0.2, 0) is 22.6 Å². The van der Waals surface area contributed by atoms with Crippen LogP contribution in [0.3, 0.4) is 0 Å². The van der Waals surface area contributed by atoms with E-state index >= 15 is 0 Å². The van der Waals surface area contributed by atoms with Crippen LogP contribution in [0.15, 0.2) is 42.7 Å². The van der Waals surface area contributed by atoms with Crippen LogP contribution in [0.4, 0.5) is 10.5 Å². The van der Waals surface area contributed by atoms with E-state index in [1.807, 2.05) is 27.8 Å². The molecule has 3 amide bonds. The Morgan fingerprint density at radius 2 is 2.00 bits per heavy atom. The molecule has 1 aromatic carbocycles. The van der Waals surface area contributed by atoms with Crippen LogP contribution in [-0.4, -0.2) is 66.4 Å². The van der Waals surface area contributed by atoms with E-state index in [0.717, 1.165) is 36.6 Å². The number of pyridine rings is 1. The summed E-state index contributed by atoms with van der Waals surface area (Å²) in [7, 11) is 1.59. The van der Waals surface area contributed by atoms with Crippen molar-refractivity contribution in [1.82, 2.24) is 19.8 Å². The number of hydrogen-bond acceptors (Lipinski definition) is 6. The summed E-state index contributed by atoms with van der Waals surface area (Å²) in [5, 5.41) is 6.66. The Kier molecular flexibility index (Phi) is 9.80. The minimum atomic E-state index is -0.338. The summed E-state index contributed by atoms with van der Waals surface area (Å²) in [5.41, 5.74) is 2.23. The number of rotatable bonds is 11. The first-order valence-electron chi connectivity index (χ1n) is 13.2. The van der Waals surface area contributed by atoms with Gasteiger partial charge in [0.2, 0.25) is 5.91 Å². The number of nitrogens with zero attached hydrogens (tertiary/aromatic N) is 3. The highest BCUT2D eigenvalue weighted by molar-refractivity contribution is 5.90. The van der Waals surface area contributed by atoms with Crippen LogP contribution in [0.1, 0.15) is 38.2 Å². The number of aromatic nitrogens is 2. The van der Waals surface area contributed by atoms with Crippen molar-refractivity contribution in [2.45, 2.75) is 45.7 Å². The maximum Gasteiger partial charge on any atom is 0.319 e. The number of hydrogen-bond donors (Lipinski definition) is 2. The summed E-state index contributed by atoms with van der Waals surface area (Å²) in [6, 6.07) is 8.78. The molecule has 2 N–H and O–H groups in total. The van der Waals surface area contributed by atoms with Crippen LogP contribution in [0, 0.1) is 0 Å². The van der Waals surface area contributed by atoms with Gasteiger partial charge in [-0.15, -0.1) is 0 Å². The monoisotopic (exact) mass is 523 g/mol. The number of fused-ring (bicyclic) bond motifs is 1. The molecule has 10 heteroatoms. The van der Waals surface area contributed by atoms with Crippen molar-refractivity contribution in [3.63, 3.8) is 0 Å². The van der Waals surface area contributed by atoms with E-state index in [1.54, 1.807) is 31.5 Å². The van der Waals surface area contributed by atoms with Gasteiger partial charge in [-0.2, -0.15) is 0 Å². The van der Waals surface area contributed by atoms with Gasteiger partial charge in [0.05, 0.1) is 20.3 Å². The summed E-state index contributed by atoms with van der Waals surface area (Å²) >= 11 is 0. The summed E-state index contributed by atoms with van der Waals surface area (Å²) in [5.74, 6) is 1.27. The lowest BCUT2D eigenvalue weighted by Gasteiger charge is -2.20. The smallest absolute Gasteiger partial charge is 0.319 e. The van der Waals surface area contributed by atoms with Crippen molar-refractivity contribution >= 4 is 28.7 Å². The van der Waals surface area contributed by atoms with Crippen LogP contribution in [0.2, 0.25) is 0 Å². The molecule has 0 spiro atoms. The second kappa shape index (κ2) is 13.7. The number of benzene rings is 1. The Morgan fingerprint density at radius 1 is 1.11 bits per heavy atom. The lowest BCUT2D eigenvalue weighted by atomic mass is 10.2. The number of anilines is 1. The molecule has 2 aromatic heterocycles. The number of urea groups is 1. The average Bonchev–Trinajstić information content (AvgIpc) is 3.14. The van der Waals surface area contributed by atoms with E-state index in [-0.39, 0.29) is 18.5 Å². The molecule has 0 aliphatic carbocycles. The first-order valence-corrected chi connectivity index (χ1v) is 13.2. The molecular formula is C28H37N5O5. The number of methoxy groups -OCH3 is 1. The predicted molar refractivity (Wildman–Crippen MR) is 146 cm³/mol. The largest absolute Gasteiger partial charge is 0.493 e. The molecule has 10 nitrogen and oxygen atoms in total. The number of amides is 3. The lowest BCUT2D eigenvalue weighted by Crippen LogP contribution is -2.35. The maximum atomic E-state index is 12.8. The zero-order chi connectivity index (χ0) is 26.7. The first kappa shape index (κ1) is 27.3. The van der Waals surface area contributed by atoms with E-state index in [2.05, 4.69) is 22.5 Å². The molecule has 4 rings (SSSR count). The van der Waals surface area contributed by atoms with E-state index in [4.69, 9.17) is 14.2 Å². The molecule has 1 fully saturated rings. The van der Waals surface area contributed by atoms with Crippen molar-refractivity contribution in [1.29, 1.82) is 0 Å². The summed E-state index contributed by atoms with van der Waals surface area (Å²) < 4.78 is 18.6. The highest BCUT2D eigenvalue weighted by Gasteiger charge is 2.18. The van der Waals surface area contributed by atoms with E-state index in [1.165, 1.54) is 0 Å². The second-order valence-electron chi connectivity index (χ2n) is 9.23. The van der Waals surface area contributed by atoms with Crippen molar-refractivity contribution in [3.05, 3.63) is 48.3 Å². The fraction of sp³-hybridized carbons (Fsp3) is 0.464. The van der Waals surface area contributed by atoms with Gasteiger partial charge in [-0.1, -0.05) is 19.8 Å². The lowest BCUT2D eigenvalue weighted by molar-refractivity contribution is -0.131. The topological polar surface area (TPSA) is 107 Å². The second-order valence-corrected chi connectivity index (χ2v) is 9.23. The zero-order valence-electron chi connectivity index (χ0n) is 22.2. The molecule has 1 aliphatic heterocycles. The molecule has 1 aliphatic rings. The summed E-state index contributed by atoms with van der Waals surface area (Å²) in [4.78, 5) is 31.8. The van der Waals surface area contributed by atoms with Crippen LogP contribution in [0.5, 0.6) is 11.5 Å². The molecule has 1 saturated heterocycles. The van der Waals surface area contributed by atoms with Gasteiger partial charge in [0, 0.05) is 55.8 Å². The Labute approximate surface area is 223 Å². The zero-order valence-corrected chi connectivity index (χ0v) is 22.2. The minimum Gasteiger partial charge on any atom is -0.493 e. The van der Waals surface area contributed by atoms with Crippen molar-refractivity contribution in [2.75, 3.05) is 45.3 Å². The van der Waals surface area contributed by atoms with E-state index < -0.39 is 0 Å². The SMILES string of the molecule is CCCCCOc1cc(NC(=O)NCc2ccnc3c2ccn3CC(=O)N2CCCOCC2)ccc1OC. The third kappa shape index (κ3) is 7.16. The number of carbonyl (C=O) groups is 2. The van der Waals surface area contributed by atoms with Gasteiger partial charge < -0.3 is 34.3 Å². The fourth-order valence-corrected chi connectivity index (χ4v) is 4.42. The molecular weight excluding hydrogens is 486 g/mol. The third-order valence-corrected chi connectivity index (χ3v) is 6.50. The highest BCUT2D eigenvalue weighted by Crippen LogP contribution is 2.30. The minimum absolute atomic E-state index is 0.0471. The number of unbranched alkanes of at least 4 members (excludes halogenated alkanes) is 2. The Morgan fingerprint density at radius 3 is 2.84 bits per heavy atom. The van der Waals surface area contributed by atoms with Gasteiger partial charge in [-0.3, -0.25) is 4.79 Å². The molecule has 0 atom stereocenters. The summed E-state index contributed by atoms with van der Waals surface area (Å²) in [6.45, 7) is 5.83. The third-order valence-electron chi connectivity index (χ3n) is 6.50. The van der Waals surface area contributed by atoms with Crippen molar-refractivity contribution < 1.29 is 23.8 Å². The molecule has 204 valence electrons. The molecule has 0 saturated carbocycles. The Hall–Kier alpha value is -3.79. The van der Waals surface area contributed by atoms with E-state index in [0.29, 0.717) is 62.3 Å². The molecule has 38 heavy (non-hydrogen) atoms. The number of ether oxygens (including phenoxy) is 3. The summed E-state index contributed by atoms with van der Waals surface area (Å²) in [6.07, 6.45) is 7.58. The van der Waals surface area contributed by atoms with Gasteiger partial charge in [0.25, 0.3) is 0 Å². The quantitative estimate of drug-likeness (QED) is 0.365. The van der Waals surface area contributed by atoms with Crippen LogP contribution >= 0.6 is 0 Å². The van der Waals surface area contributed by atoms with E-state index in [9.17, 15) is 9.59 Å². The highest BCUT2D eigenvalue weighted by atomic mass is 16.5. The standard InChI is InChI=1S/C28H37N5O5/c1-3-4-5-16-38-25-18-22(7-8-24(25)36-2)31-28(35)30-19-21-9-11-29-27-23(21)10-13-33(27)20-26(34)32-12-6-15-37-17-14-32/h7-11,13,18H,3-6,12,14-17,19-20H2,1-2H3,(H2,30,31,35). The number of carbonyl (C=O) groups excluding carboxylic acids is 2. The molecule has 0 radical (unpaired) electrons. The van der Waals surface area contributed by atoms with Gasteiger partial charge in [-0.05, 0) is 42.7 Å². The maximum absolute atomic E-state index is 12.8. The first-order chi connectivity index (χ1) is 18.6. The normalized spacial score (nSPS) is 13.7. The Balaban J connectivity index is 1.36. The average molecular weight is 524 g/mol. The molecule has 3 heterocycles. The van der Waals surface area contributed by atoms with Crippen molar-refractivity contribution in [3.8, 4) is 11.5 Å².